The number of ether oxygens (including phenoxy) is 1. The monoisotopic (exact) mass is 230 g/mol. The smallest absolute Gasteiger partial charge is 0.429 e. The molecule has 0 fully saturated rings. The third kappa shape index (κ3) is 1.85. The Hall–Kier alpha value is -1.65. The van der Waals surface area contributed by atoms with E-state index in [1.807, 2.05) is 0 Å². The molecule has 0 amide bonds. The Balaban J connectivity index is 2.42. The molecule has 1 heterocycles. The molecule has 2 rings (SSSR count). The molecule has 0 saturated heterocycles. The Morgan fingerprint density at radius 3 is 2.62 bits per heavy atom. The average Bonchev–Trinajstić information content (AvgIpc) is 2.15. The normalized spacial score (nSPS) is 19.1. The molecule has 0 radical (unpaired) electrons. The molecule has 1 unspecified atom stereocenters. The van der Waals surface area contributed by atoms with Crippen molar-refractivity contribution in [1.82, 2.24) is 0 Å². The van der Waals surface area contributed by atoms with E-state index in [9.17, 15) is 18.3 Å². The lowest BCUT2D eigenvalue weighted by atomic mass is 10.0. The molecule has 1 aromatic rings. The molecule has 2 nitrogen and oxygen atoms in total. The van der Waals surface area contributed by atoms with Gasteiger partial charge in [0.25, 0.3) is 0 Å². The molecule has 86 valence electrons. The Bertz CT molecular complexity index is 449. The maximum absolute atomic E-state index is 12.4. The van der Waals surface area contributed by atoms with Crippen LogP contribution in [0.25, 0.3) is 6.08 Å². The van der Waals surface area contributed by atoms with Crippen molar-refractivity contribution in [2.75, 3.05) is 0 Å². The fourth-order valence-corrected chi connectivity index (χ4v) is 1.60. The van der Waals surface area contributed by atoms with Crippen LogP contribution in [0.15, 0.2) is 18.2 Å². The van der Waals surface area contributed by atoms with Gasteiger partial charge in [0.05, 0.1) is 0 Å². The lowest BCUT2D eigenvalue weighted by Gasteiger charge is -2.24. The molecule has 1 N–H and O–H groups in total. The molecule has 0 aromatic heterocycles. The van der Waals surface area contributed by atoms with E-state index in [2.05, 4.69) is 0 Å². The largest absolute Gasteiger partial charge is 0.508 e. The minimum Gasteiger partial charge on any atom is -0.508 e. The Kier molecular flexibility index (Phi) is 2.33. The summed E-state index contributed by atoms with van der Waals surface area (Å²) in [5.41, 5.74) is 0.937. The summed E-state index contributed by atoms with van der Waals surface area (Å²) in [6, 6.07) is 2.73. The fraction of sp³-hybridized carbons (Fsp3) is 0.273. The average molecular weight is 230 g/mol. The second kappa shape index (κ2) is 3.43. The van der Waals surface area contributed by atoms with Gasteiger partial charge in [0.1, 0.15) is 11.5 Å². The number of aryl methyl sites for hydroxylation is 1. The quantitative estimate of drug-likeness (QED) is 0.742. The number of halogens is 3. The Labute approximate surface area is 90.0 Å². The summed E-state index contributed by atoms with van der Waals surface area (Å²) in [5, 5.41) is 9.28. The van der Waals surface area contributed by atoms with Crippen molar-refractivity contribution in [2.45, 2.75) is 19.2 Å². The van der Waals surface area contributed by atoms with Crippen LogP contribution >= 0.6 is 0 Å². The summed E-state index contributed by atoms with van der Waals surface area (Å²) in [7, 11) is 0. The number of benzene rings is 1. The first-order valence-electron chi connectivity index (χ1n) is 4.63. The van der Waals surface area contributed by atoms with Gasteiger partial charge in [0, 0.05) is 5.56 Å². The Morgan fingerprint density at radius 1 is 1.31 bits per heavy atom. The van der Waals surface area contributed by atoms with Crippen molar-refractivity contribution in [3.8, 4) is 11.5 Å². The van der Waals surface area contributed by atoms with Crippen LogP contribution in [0.2, 0.25) is 0 Å². The van der Waals surface area contributed by atoms with Crippen LogP contribution in [-0.4, -0.2) is 17.4 Å². The Morgan fingerprint density at radius 2 is 2.00 bits per heavy atom. The van der Waals surface area contributed by atoms with Crippen LogP contribution in [-0.2, 0) is 0 Å². The van der Waals surface area contributed by atoms with Gasteiger partial charge >= 0.3 is 6.18 Å². The number of rotatable bonds is 0. The lowest BCUT2D eigenvalue weighted by molar-refractivity contribution is -0.180. The van der Waals surface area contributed by atoms with Crippen molar-refractivity contribution in [3.63, 3.8) is 0 Å². The maximum Gasteiger partial charge on any atom is 0.429 e. The number of fused-ring (bicyclic) bond motifs is 1. The van der Waals surface area contributed by atoms with Gasteiger partial charge in [0.15, 0.2) is 0 Å². The van der Waals surface area contributed by atoms with Crippen molar-refractivity contribution in [2.24, 2.45) is 0 Å². The van der Waals surface area contributed by atoms with Gasteiger partial charge in [-0.3, -0.25) is 0 Å². The van der Waals surface area contributed by atoms with Crippen LogP contribution in [0.4, 0.5) is 13.2 Å². The molecule has 0 saturated carbocycles. The van der Waals surface area contributed by atoms with E-state index in [-0.39, 0.29) is 11.5 Å². The van der Waals surface area contributed by atoms with Crippen molar-refractivity contribution < 1.29 is 23.0 Å². The second-order valence-electron chi connectivity index (χ2n) is 3.62. The van der Waals surface area contributed by atoms with Crippen LogP contribution < -0.4 is 4.74 Å². The summed E-state index contributed by atoms with van der Waals surface area (Å²) in [5.74, 6) is 0.178. The minimum atomic E-state index is -4.42. The number of hydrogen-bond acceptors (Lipinski definition) is 2. The molecule has 16 heavy (non-hydrogen) atoms. The molecule has 1 atom stereocenters. The van der Waals surface area contributed by atoms with E-state index in [0.29, 0.717) is 11.1 Å². The predicted molar refractivity (Wildman–Crippen MR) is 52.3 cm³/mol. The van der Waals surface area contributed by atoms with E-state index < -0.39 is 12.3 Å². The highest BCUT2D eigenvalue weighted by molar-refractivity contribution is 5.64. The first-order valence-corrected chi connectivity index (χ1v) is 4.63. The highest BCUT2D eigenvalue weighted by Crippen LogP contribution is 2.37. The summed E-state index contributed by atoms with van der Waals surface area (Å²) < 4.78 is 42.1. The van der Waals surface area contributed by atoms with Gasteiger partial charge in [0.2, 0.25) is 6.10 Å². The third-order valence-corrected chi connectivity index (χ3v) is 2.31. The molecule has 0 bridgehead atoms. The van der Waals surface area contributed by atoms with Crippen LogP contribution in [0.3, 0.4) is 0 Å². The highest BCUT2D eigenvalue weighted by atomic mass is 19.4. The van der Waals surface area contributed by atoms with Crippen LogP contribution in [0, 0.1) is 6.92 Å². The van der Waals surface area contributed by atoms with Crippen molar-refractivity contribution >= 4 is 6.08 Å². The van der Waals surface area contributed by atoms with Gasteiger partial charge in [-0.15, -0.1) is 0 Å². The summed E-state index contributed by atoms with van der Waals surface area (Å²) in [4.78, 5) is 0. The summed E-state index contributed by atoms with van der Waals surface area (Å²) >= 11 is 0. The highest BCUT2D eigenvalue weighted by Gasteiger charge is 2.41. The SMILES string of the molecule is Cc1cc(O)cc2c1OC(C(F)(F)F)C=C2. The van der Waals surface area contributed by atoms with Gasteiger partial charge in [-0.1, -0.05) is 6.08 Å². The summed E-state index contributed by atoms with van der Waals surface area (Å²) in [6.45, 7) is 1.59. The van der Waals surface area contributed by atoms with E-state index in [1.165, 1.54) is 18.2 Å². The van der Waals surface area contributed by atoms with E-state index in [4.69, 9.17) is 4.74 Å². The van der Waals surface area contributed by atoms with Gasteiger partial charge in [-0.2, -0.15) is 13.2 Å². The van der Waals surface area contributed by atoms with E-state index >= 15 is 0 Å². The van der Waals surface area contributed by atoms with Crippen LogP contribution in [0.5, 0.6) is 11.5 Å². The number of phenols is 1. The molecular weight excluding hydrogens is 221 g/mol. The second-order valence-corrected chi connectivity index (χ2v) is 3.62. The first-order chi connectivity index (χ1) is 7.38. The van der Waals surface area contributed by atoms with E-state index in [1.54, 1.807) is 6.92 Å². The van der Waals surface area contributed by atoms with Gasteiger partial charge < -0.3 is 9.84 Å². The zero-order valence-corrected chi connectivity index (χ0v) is 8.38. The van der Waals surface area contributed by atoms with Gasteiger partial charge in [-0.05, 0) is 30.7 Å². The topological polar surface area (TPSA) is 29.5 Å². The molecule has 5 heteroatoms. The van der Waals surface area contributed by atoms with Crippen molar-refractivity contribution in [3.05, 3.63) is 29.3 Å². The van der Waals surface area contributed by atoms with Gasteiger partial charge in [-0.25, -0.2) is 0 Å². The number of hydrogen-bond donors (Lipinski definition) is 1. The molecular formula is C11H9F3O2. The zero-order chi connectivity index (χ0) is 11.9. The minimum absolute atomic E-state index is 0.00922. The molecule has 0 spiro atoms. The standard InChI is InChI=1S/C11H9F3O2/c1-6-4-8(15)5-7-2-3-9(11(12,13)14)16-10(6)7/h2-5,9,15H,1H3. The predicted octanol–water partition coefficient (Wildman–Crippen LogP) is 3.04. The first kappa shape index (κ1) is 10.9. The number of alkyl halides is 3. The third-order valence-electron chi connectivity index (χ3n) is 2.31. The van der Waals surface area contributed by atoms with Crippen LogP contribution in [0.1, 0.15) is 11.1 Å². The lowest BCUT2D eigenvalue weighted by Crippen LogP contribution is -2.34. The molecule has 1 aromatic carbocycles. The molecule has 1 aliphatic rings. The zero-order valence-electron chi connectivity index (χ0n) is 8.38. The fourth-order valence-electron chi connectivity index (χ4n) is 1.60. The number of phenolic OH excluding ortho intramolecular Hbond substituents is 1. The number of aromatic hydroxyl groups is 1. The summed E-state index contributed by atoms with van der Waals surface area (Å²) in [6.07, 6.45) is -4.09. The van der Waals surface area contributed by atoms with E-state index in [0.717, 1.165) is 6.08 Å². The maximum atomic E-state index is 12.4. The van der Waals surface area contributed by atoms with Crippen molar-refractivity contribution in [1.29, 1.82) is 0 Å². The molecule has 1 aliphatic heterocycles. The molecule has 0 aliphatic carbocycles.